The Labute approximate surface area is 82.2 Å². The molecule has 0 spiro atoms. The van der Waals surface area contributed by atoms with Gasteiger partial charge in [0.15, 0.2) is 0 Å². The van der Waals surface area contributed by atoms with Gasteiger partial charge >= 0.3 is 26.9 Å². The van der Waals surface area contributed by atoms with Crippen LogP contribution >= 0.6 is 34.4 Å². The fourth-order valence-electron chi connectivity index (χ4n) is 0.509. The van der Waals surface area contributed by atoms with Crippen molar-refractivity contribution in [3.8, 4) is 0 Å². The smallest absolute Gasteiger partial charge is 0.322 e. The van der Waals surface area contributed by atoms with Crippen LogP contribution in [0.25, 0.3) is 0 Å². The monoisotopic (exact) mass is 290 g/mol. The van der Waals surface area contributed by atoms with E-state index in [1.807, 2.05) is 0 Å². The first-order valence-electron chi connectivity index (χ1n) is 2.61. The standard InChI is InChI=1S/CH6ClO9P3/c2-1(12(3,4)5,13(6,7)8)14(9,10)11/h(H2,3,4,5)(H2,6,7,8)(H2,9,10,11). The minimum atomic E-state index is -5.89. The Morgan fingerprint density at radius 3 is 0.857 bits per heavy atom. The predicted octanol–water partition coefficient (Wildman–Crippen LogP) is -0.630. The average molecular weight is 290 g/mol. The quantitative estimate of drug-likeness (QED) is 0.292. The second-order valence-corrected chi connectivity index (χ2v) is 9.88. The summed E-state index contributed by atoms with van der Waals surface area (Å²) in [6.45, 7) is 0. The van der Waals surface area contributed by atoms with Crippen molar-refractivity contribution in [3.05, 3.63) is 0 Å². The molecule has 0 amide bonds. The highest BCUT2D eigenvalue weighted by atomic mass is 35.5. The molecule has 0 aliphatic carbocycles. The molecule has 14 heavy (non-hydrogen) atoms. The molecule has 0 bridgehead atoms. The Balaban J connectivity index is 5.95. The summed E-state index contributed by atoms with van der Waals surface area (Å²) in [4.78, 5) is 50.4. The molecule has 6 N–H and O–H groups in total. The molecule has 0 radical (unpaired) electrons. The number of hydrogen-bond donors (Lipinski definition) is 6. The van der Waals surface area contributed by atoms with E-state index in [0.717, 1.165) is 0 Å². The molecule has 0 atom stereocenters. The molecule has 0 saturated carbocycles. The van der Waals surface area contributed by atoms with E-state index in [2.05, 4.69) is 11.6 Å². The molecular weight excluding hydrogens is 284 g/mol. The molecule has 0 aromatic carbocycles. The van der Waals surface area contributed by atoms with Crippen LogP contribution in [0.4, 0.5) is 0 Å². The number of hydrogen-bond acceptors (Lipinski definition) is 3. The molecule has 0 aliphatic heterocycles. The molecule has 0 saturated heterocycles. The first kappa shape index (κ1) is 14.7. The van der Waals surface area contributed by atoms with Gasteiger partial charge < -0.3 is 29.4 Å². The molecular formula is CH6ClO9P3. The summed E-state index contributed by atoms with van der Waals surface area (Å²) < 4.78 is 27.4. The predicted molar refractivity (Wildman–Crippen MR) is 44.7 cm³/mol. The van der Waals surface area contributed by atoms with Crippen molar-refractivity contribution < 1.29 is 43.1 Å². The minimum absolute atomic E-state index is 4.22. The summed E-state index contributed by atoms with van der Waals surface area (Å²) in [5, 5.41) is 0. The van der Waals surface area contributed by atoms with Crippen LogP contribution in [0.3, 0.4) is 0 Å². The third-order valence-corrected chi connectivity index (χ3v) is 10.0. The van der Waals surface area contributed by atoms with E-state index in [1.165, 1.54) is 0 Å². The maximum absolute atomic E-state index is 10.5. The van der Waals surface area contributed by atoms with Gasteiger partial charge in [-0.05, 0) is 0 Å². The van der Waals surface area contributed by atoms with Crippen LogP contribution in [0, 0.1) is 0 Å². The largest absolute Gasteiger partial charge is 0.371 e. The first-order chi connectivity index (χ1) is 5.75. The van der Waals surface area contributed by atoms with Gasteiger partial charge in [-0.25, -0.2) is 0 Å². The van der Waals surface area contributed by atoms with Crippen LogP contribution in [-0.2, 0) is 13.7 Å². The van der Waals surface area contributed by atoms with Crippen molar-refractivity contribution >= 4 is 34.4 Å². The summed E-state index contributed by atoms with van der Waals surface area (Å²) in [6.07, 6.45) is 0. The van der Waals surface area contributed by atoms with E-state index in [1.54, 1.807) is 0 Å². The highest BCUT2D eigenvalue weighted by Gasteiger charge is 2.71. The van der Waals surface area contributed by atoms with Gasteiger partial charge in [0.25, 0.3) is 0 Å². The molecule has 86 valence electrons. The zero-order valence-electron chi connectivity index (χ0n) is 6.13. The molecule has 0 aliphatic rings. The lowest BCUT2D eigenvalue weighted by atomic mass is 11.8. The Kier molecular flexibility index (Phi) is 3.84. The van der Waals surface area contributed by atoms with Gasteiger partial charge in [-0.2, -0.15) is 0 Å². The Morgan fingerprint density at radius 2 is 0.857 bits per heavy atom. The van der Waals surface area contributed by atoms with Crippen molar-refractivity contribution in [2.45, 2.75) is 4.10 Å². The van der Waals surface area contributed by atoms with E-state index in [0.29, 0.717) is 0 Å². The lowest BCUT2D eigenvalue weighted by molar-refractivity contribution is 0.320. The zero-order valence-corrected chi connectivity index (χ0v) is 9.57. The van der Waals surface area contributed by atoms with E-state index < -0.39 is 26.9 Å². The van der Waals surface area contributed by atoms with Crippen LogP contribution in [0.15, 0.2) is 0 Å². The second kappa shape index (κ2) is 3.64. The van der Waals surface area contributed by atoms with E-state index in [4.69, 9.17) is 29.4 Å². The van der Waals surface area contributed by atoms with Gasteiger partial charge in [0.2, 0.25) is 0 Å². The fourth-order valence-corrected chi connectivity index (χ4v) is 4.58. The highest BCUT2D eigenvalue weighted by Crippen LogP contribution is 2.84. The molecule has 13 heteroatoms. The van der Waals surface area contributed by atoms with E-state index >= 15 is 0 Å². The van der Waals surface area contributed by atoms with Gasteiger partial charge in [0.05, 0.1) is 0 Å². The molecule has 0 rings (SSSR count). The van der Waals surface area contributed by atoms with Crippen LogP contribution < -0.4 is 0 Å². The topological polar surface area (TPSA) is 173 Å². The molecule has 0 heterocycles. The van der Waals surface area contributed by atoms with Gasteiger partial charge in [0, 0.05) is 0 Å². The molecule has 0 unspecified atom stereocenters. The summed E-state index contributed by atoms with van der Waals surface area (Å²) in [5.41, 5.74) is 0. The summed E-state index contributed by atoms with van der Waals surface area (Å²) in [7, 11) is -17.7. The van der Waals surface area contributed by atoms with Crippen LogP contribution in [0.2, 0.25) is 0 Å². The number of alkyl halides is 1. The maximum Gasteiger partial charge on any atom is 0.371 e. The van der Waals surface area contributed by atoms with Gasteiger partial charge in [0.1, 0.15) is 0 Å². The molecule has 9 nitrogen and oxygen atoms in total. The Morgan fingerprint density at radius 1 is 0.714 bits per heavy atom. The SMILES string of the molecule is O=P(O)(O)C(Cl)(P(=O)(O)O)P(=O)(O)O. The highest BCUT2D eigenvalue weighted by molar-refractivity contribution is 7.91. The van der Waals surface area contributed by atoms with Crippen molar-refractivity contribution in [2.24, 2.45) is 0 Å². The summed E-state index contributed by atoms with van der Waals surface area (Å²) >= 11 is 4.68. The summed E-state index contributed by atoms with van der Waals surface area (Å²) in [5.74, 6) is 0. The number of rotatable bonds is 3. The maximum atomic E-state index is 10.5. The third kappa shape index (κ3) is 2.28. The normalized spacial score (nSPS) is 15.6. The molecule has 0 fully saturated rings. The Hall–Kier alpha value is 0.740. The van der Waals surface area contributed by atoms with Crippen LogP contribution in [-0.4, -0.2) is 33.5 Å². The fraction of sp³-hybridized carbons (Fsp3) is 1.00. The molecule has 0 aromatic rings. The zero-order chi connectivity index (χ0) is 12.0. The van der Waals surface area contributed by atoms with Gasteiger partial charge in [-0.15, -0.1) is 0 Å². The van der Waals surface area contributed by atoms with Gasteiger partial charge in [-0.3, -0.25) is 13.7 Å². The van der Waals surface area contributed by atoms with E-state index in [9.17, 15) is 13.7 Å². The van der Waals surface area contributed by atoms with Crippen molar-refractivity contribution in [3.63, 3.8) is 0 Å². The third-order valence-electron chi connectivity index (χ3n) is 1.11. The van der Waals surface area contributed by atoms with Gasteiger partial charge in [-0.1, -0.05) is 11.6 Å². The molecule has 0 aromatic heterocycles. The second-order valence-electron chi connectivity index (χ2n) is 2.19. The van der Waals surface area contributed by atoms with Crippen molar-refractivity contribution in [2.75, 3.05) is 0 Å². The average Bonchev–Trinajstić information content (AvgIpc) is 1.77. The summed E-state index contributed by atoms with van der Waals surface area (Å²) in [6, 6.07) is 0. The lowest BCUT2D eigenvalue weighted by Crippen LogP contribution is -2.21. The van der Waals surface area contributed by atoms with Crippen molar-refractivity contribution in [1.29, 1.82) is 0 Å². The minimum Gasteiger partial charge on any atom is -0.322 e. The lowest BCUT2D eigenvalue weighted by Gasteiger charge is -2.28. The van der Waals surface area contributed by atoms with E-state index in [-0.39, 0.29) is 0 Å². The van der Waals surface area contributed by atoms with Crippen LogP contribution in [0.1, 0.15) is 0 Å². The van der Waals surface area contributed by atoms with Crippen molar-refractivity contribution in [1.82, 2.24) is 0 Å². The Bertz CT molecular complexity index is 299. The first-order valence-corrected chi connectivity index (χ1v) is 7.82. The number of halogens is 1. The van der Waals surface area contributed by atoms with Crippen LogP contribution in [0.5, 0.6) is 0 Å².